The summed E-state index contributed by atoms with van der Waals surface area (Å²) >= 11 is 17.1. The number of amides is 4. The van der Waals surface area contributed by atoms with Gasteiger partial charge in [0, 0.05) is 25.8 Å². The van der Waals surface area contributed by atoms with Crippen molar-refractivity contribution in [2.75, 3.05) is 26.3 Å². The summed E-state index contributed by atoms with van der Waals surface area (Å²) in [5.74, 6) is -3.89. The molecular weight excluding hydrogens is 645 g/mol. The van der Waals surface area contributed by atoms with Crippen molar-refractivity contribution in [2.24, 2.45) is 4.99 Å². The van der Waals surface area contributed by atoms with Crippen LogP contribution in [0.4, 0.5) is 4.79 Å². The van der Waals surface area contributed by atoms with Crippen molar-refractivity contribution in [3.8, 4) is 5.75 Å². The zero-order valence-corrected chi connectivity index (χ0v) is 25.2. The van der Waals surface area contributed by atoms with Crippen LogP contribution < -0.4 is 26.0 Å². The second kappa shape index (κ2) is 10.8. The number of hydrogen-bond acceptors (Lipinski definition) is 12. The van der Waals surface area contributed by atoms with E-state index in [1.54, 1.807) is 12.1 Å². The maximum atomic E-state index is 13.5. The number of likely N-dealkylation sites (tertiary alicyclic amines) is 1. The van der Waals surface area contributed by atoms with Crippen molar-refractivity contribution in [2.45, 2.75) is 52.6 Å². The van der Waals surface area contributed by atoms with Crippen LogP contribution in [0.15, 0.2) is 35.6 Å². The van der Waals surface area contributed by atoms with E-state index in [4.69, 9.17) is 44.3 Å². The highest BCUT2D eigenvalue weighted by atomic mass is 35.6. The molecule has 6 N–H and O–H groups in total. The molecule has 4 amide bonds. The van der Waals surface area contributed by atoms with Gasteiger partial charge in [-0.2, -0.15) is 0 Å². The Balaban J connectivity index is 1.35. The highest BCUT2D eigenvalue weighted by Gasteiger charge is 2.74. The molecule has 5 heterocycles. The third kappa shape index (κ3) is 5.05. The van der Waals surface area contributed by atoms with E-state index in [9.17, 15) is 29.4 Å². The van der Waals surface area contributed by atoms with Crippen molar-refractivity contribution >= 4 is 64.6 Å². The molecule has 3 saturated heterocycles. The van der Waals surface area contributed by atoms with Gasteiger partial charge in [0.1, 0.15) is 18.4 Å². The molecule has 6 rings (SSSR count). The predicted octanol–water partition coefficient (Wildman–Crippen LogP) is -0.571. The molecule has 0 saturated carbocycles. The zero-order chi connectivity index (χ0) is 31.6. The molecule has 1 aromatic rings. The van der Waals surface area contributed by atoms with Crippen molar-refractivity contribution in [3.63, 3.8) is 0 Å². The van der Waals surface area contributed by atoms with Gasteiger partial charge >= 0.3 is 6.09 Å². The standard InChI is InChI=1S/C26H28Cl3N7O8/c1-12-30-20-15(9-35-17(37)5-6-18(35)38)31-22(33-23(40)44-11-24(27,28)29)36-10-16(26(41,42)25(20,36)34-12)32-21(39)14-4-2-3-13-7-8-43-19(13)14/h2-4,15-16,20,30,34,41-42H,1,5-11H2,(H,32,39)(H,31,33,40)/t15-,16?,20?,25?/m0/s1. The van der Waals surface area contributed by atoms with E-state index in [0.29, 0.717) is 18.8 Å². The molecule has 0 aliphatic carbocycles. The monoisotopic (exact) mass is 671 g/mol. The molecule has 0 radical (unpaired) electrons. The summed E-state index contributed by atoms with van der Waals surface area (Å²) < 4.78 is 8.73. The van der Waals surface area contributed by atoms with E-state index < -0.39 is 63.8 Å². The fourth-order valence-electron chi connectivity index (χ4n) is 6.35. The molecule has 0 aromatic heterocycles. The first-order chi connectivity index (χ1) is 20.7. The van der Waals surface area contributed by atoms with Crippen LogP contribution in [0.2, 0.25) is 0 Å². The number of alkyl carbamates (subject to hydrolysis) is 1. The van der Waals surface area contributed by atoms with E-state index in [-0.39, 0.29) is 43.3 Å². The third-order valence-corrected chi connectivity index (χ3v) is 8.58. The highest BCUT2D eigenvalue weighted by Crippen LogP contribution is 2.45. The third-order valence-electron chi connectivity index (χ3n) is 8.26. The lowest BCUT2D eigenvalue weighted by atomic mass is 9.85. The molecule has 3 unspecified atom stereocenters. The lowest BCUT2D eigenvalue weighted by Crippen LogP contribution is -2.78. The average molecular weight is 673 g/mol. The zero-order valence-electron chi connectivity index (χ0n) is 22.9. The van der Waals surface area contributed by atoms with Crippen LogP contribution in [-0.4, -0.2) is 109 Å². The number of aliphatic imine (C=N–C) groups is 1. The first-order valence-corrected chi connectivity index (χ1v) is 14.8. The number of hydrogen-bond donors (Lipinski definition) is 6. The minimum Gasteiger partial charge on any atom is -0.492 e. The molecule has 0 bridgehead atoms. The van der Waals surface area contributed by atoms with Crippen molar-refractivity contribution in [1.29, 1.82) is 0 Å². The van der Waals surface area contributed by atoms with Crippen LogP contribution >= 0.6 is 34.8 Å². The summed E-state index contributed by atoms with van der Waals surface area (Å²) in [6, 6.07) is 1.66. The number of guanidine groups is 1. The number of rotatable bonds is 5. The molecule has 44 heavy (non-hydrogen) atoms. The first-order valence-electron chi connectivity index (χ1n) is 13.6. The number of carbonyl (C=O) groups is 4. The summed E-state index contributed by atoms with van der Waals surface area (Å²) in [7, 11) is 0. The minimum atomic E-state index is -2.76. The van der Waals surface area contributed by atoms with Gasteiger partial charge in [0.05, 0.1) is 36.6 Å². The van der Waals surface area contributed by atoms with E-state index in [1.807, 2.05) is 6.07 Å². The van der Waals surface area contributed by atoms with Gasteiger partial charge < -0.3 is 40.5 Å². The van der Waals surface area contributed by atoms with Crippen molar-refractivity contribution in [1.82, 2.24) is 31.1 Å². The van der Waals surface area contributed by atoms with Gasteiger partial charge in [-0.25, -0.2) is 9.79 Å². The van der Waals surface area contributed by atoms with Gasteiger partial charge in [0.25, 0.3) is 5.91 Å². The van der Waals surface area contributed by atoms with Crippen LogP contribution in [0.1, 0.15) is 28.8 Å². The SMILES string of the molecule is C=C1NC2[C@H](CN3C(=O)CCC3=O)N=C(NC(=O)OCC(Cl)(Cl)Cl)N3CC(NC(=O)c4cccc5c4OCC5)C(O)(O)C23N1. The Bertz CT molecular complexity index is 1470. The van der Waals surface area contributed by atoms with E-state index >= 15 is 0 Å². The summed E-state index contributed by atoms with van der Waals surface area (Å²) in [5, 5.41) is 34.9. The maximum Gasteiger partial charge on any atom is 0.414 e. The number of para-hydroxylation sites is 1. The normalized spacial score (nSPS) is 28.3. The highest BCUT2D eigenvalue weighted by molar-refractivity contribution is 6.67. The topological polar surface area (TPSA) is 194 Å². The van der Waals surface area contributed by atoms with Crippen LogP contribution in [0.25, 0.3) is 0 Å². The molecule has 4 atom stereocenters. The van der Waals surface area contributed by atoms with Gasteiger partial charge in [-0.1, -0.05) is 53.5 Å². The Kier molecular flexibility index (Phi) is 7.52. The predicted molar refractivity (Wildman–Crippen MR) is 155 cm³/mol. The Hall–Kier alpha value is -3.50. The quantitative estimate of drug-likeness (QED) is 0.133. The van der Waals surface area contributed by atoms with Crippen LogP contribution in [0.3, 0.4) is 0 Å². The lowest BCUT2D eigenvalue weighted by molar-refractivity contribution is -0.231. The largest absolute Gasteiger partial charge is 0.492 e. The number of ether oxygens (including phenoxy) is 2. The van der Waals surface area contributed by atoms with Gasteiger partial charge in [0.15, 0.2) is 5.66 Å². The molecule has 5 aliphatic rings. The smallest absolute Gasteiger partial charge is 0.414 e. The summed E-state index contributed by atoms with van der Waals surface area (Å²) in [6.45, 7) is 3.13. The second-order valence-corrected chi connectivity index (χ2v) is 13.5. The Labute approximate surface area is 265 Å². The van der Waals surface area contributed by atoms with E-state index in [2.05, 4.69) is 32.8 Å². The van der Waals surface area contributed by atoms with E-state index in [1.165, 1.54) is 4.90 Å². The molecule has 1 aromatic carbocycles. The fraction of sp³-hybridized carbons (Fsp3) is 0.500. The lowest BCUT2D eigenvalue weighted by Gasteiger charge is -2.49. The van der Waals surface area contributed by atoms with Gasteiger partial charge in [-0.05, 0) is 11.6 Å². The molecule has 236 valence electrons. The summed E-state index contributed by atoms with van der Waals surface area (Å²) in [6.07, 6.45) is -0.417. The van der Waals surface area contributed by atoms with Crippen molar-refractivity contribution in [3.05, 3.63) is 41.7 Å². The molecule has 1 spiro atoms. The van der Waals surface area contributed by atoms with E-state index in [0.717, 1.165) is 10.5 Å². The van der Waals surface area contributed by atoms with Gasteiger partial charge in [-0.3, -0.25) is 24.6 Å². The second-order valence-electron chi connectivity index (χ2n) is 11.0. The fourth-order valence-corrected chi connectivity index (χ4v) is 6.51. The Morgan fingerprint density at radius 1 is 1.20 bits per heavy atom. The molecule has 18 heteroatoms. The van der Waals surface area contributed by atoms with Crippen LogP contribution in [0.5, 0.6) is 5.75 Å². The molecule has 15 nitrogen and oxygen atoms in total. The van der Waals surface area contributed by atoms with Crippen molar-refractivity contribution < 1.29 is 38.9 Å². The number of imide groups is 1. The summed E-state index contributed by atoms with van der Waals surface area (Å²) in [5.41, 5.74) is -0.867. The number of halogens is 3. The average Bonchev–Trinajstić information content (AvgIpc) is 3.70. The Morgan fingerprint density at radius 3 is 2.64 bits per heavy atom. The maximum absolute atomic E-state index is 13.5. The van der Waals surface area contributed by atoms with Gasteiger partial charge in [-0.15, -0.1) is 0 Å². The Morgan fingerprint density at radius 2 is 1.93 bits per heavy atom. The number of carbonyl (C=O) groups excluding carboxylic acids is 4. The van der Waals surface area contributed by atoms with Crippen LogP contribution in [0, 0.1) is 0 Å². The number of nitrogens with zero attached hydrogens (tertiary/aromatic N) is 3. The van der Waals surface area contributed by atoms with Crippen LogP contribution in [-0.2, 0) is 20.7 Å². The number of alkyl halides is 3. The molecule has 5 aliphatic heterocycles. The number of aliphatic hydroxyl groups is 2. The minimum absolute atomic E-state index is 0.0228. The molecule has 3 fully saturated rings. The van der Waals surface area contributed by atoms with Gasteiger partial charge in [0.2, 0.25) is 27.4 Å². The number of benzene rings is 1. The summed E-state index contributed by atoms with van der Waals surface area (Å²) in [4.78, 5) is 58.2. The first kappa shape index (κ1) is 30.5. The number of nitrogens with one attached hydrogen (secondary N) is 4. The number of fused-ring (bicyclic) bond motifs is 1. The molecular formula is C26H28Cl3N7O8.